The minimum Gasteiger partial charge on any atom is -0.480 e. The second kappa shape index (κ2) is 21.0. The molecule has 0 aromatic carbocycles. The summed E-state index contributed by atoms with van der Waals surface area (Å²) in [5, 5.41) is 11.5. The standard InChI is InChI=1S/C24H39NO3S/c1-2-3-4-5-6-7-8-9-10-11-12-13-14-15-16-17-18-19-23(26)25-22(20-21-29)24(27)28/h6-7,9-10,12-13,15-16,22,29H,2-5,8,11,14,17-21H2,1H3,(H,25,26)(H,27,28)/b7-6-,10-9-,13-12-,16-15-/t22-/m0/s1. The third-order valence-corrected chi connectivity index (χ3v) is 4.54. The lowest BCUT2D eigenvalue weighted by Crippen LogP contribution is -2.40. The van der Waals surface area contributed by atoms with Gasteiger partial charge in [0.1, 0.15) is 6.04 Å². The summed E-state index contributed by atoms with van der Waals surface area (Å²) in [6, 6.07) is -0.837. The molecule has 29 heavy (non-hydrogen) atoms. The number of aliphatic carboxylic acids is 1. The van der Waals surface area contributed by atoms with Crippen molar-refractivity contribution in [1.29, 1.82) is 0 Å². The van der Waals surface area contributed by atoms with Crippen molar-refractivity contribution in [2.75, 3.05) is 5.75 Å². The normalized spacial score (nSPS) is 13.2. The minimum atomic E-state index is -1.01. The number of carbonyl (C=O) groups excluding carboxylic acids is 1. The van der Waals surface area contributed by atoms with Gasteiger partial charge in [-0.2, -0.15) is 12.6 Å². The number of hydrogen-bond donors (Lipinski definition) is 3. The van der Waals surface area contributed by atoms with Crippen LogP contribution < -0.4 is 5.32 Å². The number of rotatable bonds is 18. The third kappa shape index (κ3) is 19.3. The van der Waals surface area contributed by atoms with Crippen molar-refractivity contribution >= 4 is 24.5 Å². The van der Waals surface area contributed by atoms with Gasteiger partial charge in [0.25, 0.3) is 0 Å². The van der Waals surface area contributed by atoms with Gasteiger partial charge in [-0.25, -0.2) is 4.79 Å². The summed E-state index contributed by atoms with van der Waals surface area (Å²) >= 11 is 4.01. The van der Waals surface area contributed by atoms with E-state index in [1.54, 1.807) is 0 Å². The highest BCUT2D eigenvalue weighted by atomic mass is 32.1. The number of carboxylic acids is 1. The number of carboxylic acid groups (broad SMARTS) is 1. The van der Waals surface area contributed by atoms with Crippen LogP contribution in [-0.2, 0) is 9.59 Å². The maximum atomic E-state index is 11.7. The molecule has 0 rings (SSSR count). The van der Waals surface area contributed by atoms with Crippen molar-refractivity contribution in [1.82, 2.24) is 5.32 Å². The van der Waals surface area contributed by atoms with Crippen LogP contribution in [0.15, 0.2) is 48.6 Å². The number of allylic oxidation sites excluding steroid dienone is 8. The number of unbranched alkanes of at least 4 members (excludes halogenated alkanes) is 4. The van der Waals surface area contributed by atoms with Crippen LogP contribution in [0.5, 0.6) is 0 Å². The average molecular weight is 422 g/mol. The highest BCUT2D eigenvalue weighted by Gasteiger charge is 2.18. The molecule has 4 nitrogen and oxygen atoms in total. The molecule has 1 amide bonds. The first-order chi connectivity index (χ1) is 14.1. The van der Waals surface area contributed by atoms with Crippen molar-refractivity contribution in [3.05, 3.63) is 48.6 Å². The molecular formula is C24H39NO3S. The Balaban J connectivity index is 3.67. The molecule has 0 fully saturated rings. The molecule has 0 saturated heterocycles. The summed E-state index contributed by atoms with van der Waals surface area (Å²) in [6.45, 7) is 2.23. The van der Waals surface area contributed by atoms with E-state index in [1.165, 1.54) is 25.7 Å². The summed E-state index contributed by atoms with van der Waals surface area (Å²) < 4.78 is 0. The average Bonchev–Trinajstić information content (AvgIpc) is 2.70. The molecule has 0 unspecified atom stereocenters. The van der Waals surface area contributed by atoms with E-state index in [-0.39, 0.29) is 5.91 Å². The summed E-state index contributed by atoms with van der Waals surface area (Å²) in [5.41, 5.74) is 0. The van der Waals surface area contributed by atoms with E-state index in [9.17, 15) is 9.59 Å². The molecule has 0 aromatic heterocycles. The topological polar surface area (TPSA) is 66.4 Å². The smallest absolute Gasteiger partial charge is 0.326 e. The van der Waals surface area contributed by atoms with Gasteiger partial charge >= 0.3 is 5.97 Å². The third-order valence-electron chi connectivity index (χ3n) is 4.28. The van der Waals surface area contributed by atoms with Gasteiger partial charge in [0.15, 0.2) is 0 Å². The second-order valence-electron chi connectivity index (χ2n) is 6.95. The number of thiol groups is 1. The van der Waals surface area contributed by atoms with Crippen LogP contribution in [0.4, 0.5) is 0 Å². The number of hydrogen-bond acceptors (Lipinski definition) is 3. The summed E-state index contributed by atoms with van der Waals surface area (Å²) in [7, 11) is 0. The Morgan fingerprint density at radius 3 is 1.86 bits per heavy atom. The molecule has 1 atom stereocenters. The first-order valence-electron chi connectivity index (χ1n) is 10.8. The van der Waals surface area contributed by atoms with Gasteiger partial charge in [-0.05, 0) is 57.1 Å². The van der Waals surface area contributed by atoms with Gasteiger partial charge in [-0.15, -0.1) is 0 Å². The van der Waals surface area contributed by atoms with E-state index in [4.69, 9.17) is 5.11 Å². The lowest BCUT2D eigenvalue weighted by atomic mass is 10.1. The Kier molecular flexibility index (Phi) is 19.7. The summed E-state index contributed by atoms with van der Waals surface area (Å²) in [5.74, 6) is -0.790. The molecule has 0 radical (unpaired) electrons. The van der Waals surface area contributed by atoms with Crippen molar-refractivity contribution in [2.24, 2.45) is 0 Å². The van der Waals surface area contributed by atoms with E-state index in [1.807, 2.05) is 0 Å². The fraction of sp³-hybridized carbons (Fsp3) is 0.583. The Bertz CT molecular complexity index is 538. The maximum absolute atomic E-state index is 11.7. The highest BCUT2D eigenvalue weighted by molar-refractivity contribution is 7.80. The van der Waals surface area contributed by atoms with Crippen molar-refractivity contribution in [3.8, 4) is 0 Å². The number of nitrogens with one attached hydrogen (secondary N) is 1. The van der Waals surface area contributed by atoms with E-state index >= 15 is 0 Å². The van der Waals surface area contributed by atoms with E-state index in [0.29, 0.717) is 25.0 Å². The predicted molar refractivity (Wildman–Crippen MR) is 126 cm³/mol. The molecule has 0 aromatic rings. The first-order valence-corrected chi connectivity index (χ1v) is 11.5. The van der Waals surface area contributed by atoms with E-state index in [2.05, 4.69) is 73.5 Å². The quantitative estimate of drug-likeness (QED) is 0.144. The van der Waals surface area contributed by atoms with Crippen molar-refractivity contribution in [3.63, 3.8) is 0 Å². The molecule has 164 valence electrons. The van der Waals surface area contributed by atoms with Gasteiger partial charge in [-0.3, -0.25) is 4.79 Å². The lowest BCUT2D eigenvalue weighted by Gasteiger charge is -2.12. The Morgan fingerprint density at radius 2 is 1.38 bits per heavy atom. The predicted octanol–water partition coefficient (Wildman–Crippen LogP) is 6.02. The maximum Gasteiger partial charge on any atom is 0.326 e. The largest absolute Gasteiger partial charge is 0.480 e. The zero-order valence-corrected chi connectivity index (χ0v) is 18.8. The minimum absolute atomic E-state index is 0.213. The first kappa shape index (κ1) is 27.2. The molecule has 2 N–H and O–H groups in total. The fourth-order valence-electron chi connectivity index (χ4n) is 2.59. The molecule has 0 saturated carbocycles. The number of carbonyl (C=O) groups is 2. The van der Waals surface area contributed by atoms with Crippen LogP contribution in [0.25, 0.3) is 0 Å². The Morgan fingerprint density at radius 1 is 0.862 bits per heavy atom. The highest BCUT2D eigenvalue weighted by Crippen LogP contribution is 2.02. The Hall–Kier alpha value is -1.75. The molecule has 0 aliphatic carbocycles. The molecule has 0 bridgehead atoms. The van der Waals surface area contributed by atoms with Crippen molar-refractivity contribution < 1.29 is 14.7 Å². The van der Waals surface area contributed by atoms with Crippen LogP contribution in [0.1, 0.15) is 77.6 Å². The molecule has 0 aliphatic heterocycles. The second-order valence-corrected chi connectivity index (χ2v) is 7.40. The van der Waals surface area contributed by atoms with Crippen LogP contribution in [0, 0.1) is 0 Å². The monoisotopic (exact) mass is 421 g/mol. The van der Waals surface area contributed by atoms with Gasteiger partial charge < -0.3 is 10.4 Å². The Labute approximate surface area is 182 Å². The molecule has 0 heterocycles. The van der Waals surface area contributed by atoms with Crippen LogP contribution >= 0.6 is 12.6 Å². The fourth-order valence-corrected chi connectivity index (χ4v) is 2.85. The number of amides is 1. The summed E-state index contributed by atoms with van der Waals surface area (Å²) in [4.78, 5) is 22.7. The SMILES string of the molecule is CCCCC/C=C\C/C=C\C/C=C\C/C=C\CCCC(=O)N[C@@H](CCS)C(=O)O. The van der Waals surface area contributed by atoms with Crippen LogP contribution in [0.2, 0.25) is 0 Å². The van der Waals surface area contributed by atoms with Gasteiger partial charge in [-0.1, -0.05) is 68.4 Å². The molecular weight excluding hydrogens is 382 g/mol. The van der Waals surface area contributed by atoms with Gasteiger partial charge in [0.05, 0.1) is 0 Å². The van der Waals surface area contributed by atoms with Crippen LogP contribution in [0.3, 0.4) is 0 Å². The van der Waals surface area contributed by atoms with Gasteiger partial charge in [0, 0.05) is 6.42 Å². The zero-order chi connectivity index (χ0) is 21.6. The lowest BCUT2D eigenvalue weighted by molar-refractivity contribution is -0.141. The van der Waals surface area contributed by atoms with E-state index in [0.717, 1.165) is 25.7 Å². The van der Waals surface area contributed by atoms with Crippen molar-refractivity contribution in [2.45, 2.75) is 83.6 Å². The molecule has 5 heteroatoms. The zero-order valence-electron chi connectivity index (χ0n) is 17.9. The van der Waals surface area contributed by atoms with E-state index < -0.39 is 12.0 Å². The van der Waals surface area contributed by atoms with Gasteiger partial charge in [0.2, 0.25) is 5.91 Å². The summed E-state index contributed by atoms with van der Waals surface area (Å²) in [6.07, 6.45) is 27.5. The van der Waals surface area contributed by atoms with Crippen LogP contribution in [-0.4, -0.2) is 28.8 Å². The molecule has 0 aliphatic rings. The molecule has 0 spiro atoms.